The van der Waals surface area contributed by atoms with Gasteiger partial charge in [0.15, 0.2) is 0 Å². The standard InChI is InChI=1S/C22H26N4O6S2/c1-5-26(6-2)34(28,29)17-10-7-15(8-11-17)21-24-25-22(32-21)33-14-20(27)23-18-13-16(30-3)9-12-19(18)31-4/h7-13H,5-6,14H2,1-4H3,(H,23,27). The minimum atomic E-state index is -3.55. The van der Waals surface area contributed by atoms with Crippen molar-refractivity contribution in [3.05, 3.63) is 42.5 Å². The zero-order valence-corrected chi connectivity index (χ0v) is 20.9. The molecule has 12 heteroatoms. The molecule has 10 nitrogen and oxygen atoms in total. The molecule has 1 N–H and O–H groups in total. The second kappa shape index (κ2) is 11.4. The molecule has 3 rings (SSSR count). The molecule has 0 atom stereocenters. The average Bonchev–Trinajstić information content (AvgIpc) is 3.32. The number of carbonyl (C=O) groups is 1. The number of ether oxygens (including phenoxy) is 2. The topological polar surface area (TPSA) is 124 Å². The number of rotatable bonds is 11. The molecule has 2 aromatic carbocycles. The fourth-order valence-corrected chi connectivity index (χ4v) is 5.11. The van der Waals surface area contributed by atoms with E-state index >= 15 is 0 Å². The Hall–Kier alpha value is -3.09. The first kappa shape index (κ1) is 25.5. The Labute approximate surface area is 202 Å². The molecular weight excluding hydrogens is 480 g/mol. The largest absolute Gasteiger partial charge is 0.497 e. The Bertz CT molecular complexity index is 1220. The minimum absolute atomic E-state index is 0.0308. The number of thioether (sulfide) groups is 1. The van der Waals surface area contributed by atoms with Crippen LogP contribution in [0.2, 0.25) is 0 Å². The van der Waals surface area contributed by atoms with Gasteiger partial charge in [0.1, 0.15) is 11.5 Å². The SMILES string of the molecule is CCN(CC)S(=O)(=O)c1ccc(-c2nnc(SCC(=O)Nc3cc(OC)ccc3OC)o2)cc1. The highest BCUT2D eigenvalue weighted by Crippen LogP contribution is 2.30. The Morgan fingerprint density at radius 2 is 1.76 bits per heavy atom. The predicted molar refractivity (Wildman–Crippen MR) is 129 cm³/mol. The maximum absolute atomic E-state index is 12.6. The lowest BCUT2D eigenvalue weighted by Crippen LogP contribution is -2.30. The molecule has 1 heterocycles. The van der Waals surface area contributed by atoms with Crippen molar-refractivity contribution in [1.29, 1.82) is 0 Å². The van der Waals surface area contributed by atoms with Crippen molar-refractivity contribution < 1.29 is 27.1 Å². The van der Waals surface area contributed by atoms with Crippen LogP contribution in [0, 0.1) is 0 Å². The molecule has 0 spiro atoms. The maximum Gasteiger partial charge on any atom is 0.277 e. The highest BCUT2D eigenvalue weighted by molar-refractivity contribution is 7.99. The van der Waals surface area contributed by atoms with Gasteiger partial charge in [0, 0.05) is 24.7 Å². The summed E-state index contributed by atoms with van der Waals surface area (Å²) in [5.74, 6) is 1.06. The summed E-state index contributed by atoms with van der Waals surface area (Å²) in [6.45, 7) is 4.37. The van der Waals surface area contributed by atoms with Crippen molar-refractivity contribution in [3.63, 3.8) is 0 Å². The van der Waals surface area contributed by atoms with Gasteiger partial charge in [-0.05, 0) is 36.4 Å². The smallest absolute Gasteiger partial charge is 0.277 e. The summed E-state index contributed by atoms with van der Waals surface area (Å²) >= 11 is 1.08. The number of sulfonamides is 1. The molecule has 3 aromatic rings. The highest BCUT2D eigenvalue weighted by atomic mass is 32.2. The fraction of sp³-hybridized carbons (Fsp3) is 0.318. The number of aromatic nitrogens is 2. The molecule has 1 aromatic heterocycles. The van der Waals surface area contributed by atoms with Crippen LogP contribution in [0.1, 0.15) is 13.8 Å². The van der Waals surface area contributed by atoms with E-state index in [2.05, 4.69) is 15.5 Å². The van der Waals surface area contributed by atoms with Crippen LogP contribution in [0.25, 0.3) is 11.5 Å². The third kappa shape index (κ3) is 5.88. The monoisotopic (exact) mass is 506 g/mol. The van der Waals surface area contributed by atoms with Gasteiger partial charge in [-0.1, -0.05) is 25.6 Å². The van der Waals surface area contributed by atoms with Crippen LogP contribution in [0.4, 0.5) is 5.69 Å². The number of methoxy groups -OCH3 is 2. The normalized spacial score (nSPS) is 11.4. The summed E-state index contributed by atoms with van der Waals surface area (Å²) in [5, 5.41) is 10.9. The van der Waals surface area contributed by atoms with Crippen LogP contribution >= 0.6 is 11.8 Å². The molecule has 0 aliphatic heterocycles. The van der Waals surface area contributed by atoms with E-state index in [-0.39, 0.29) is 27.7 Å². The van der Waals surface area contributed by atoms with Crippen molar-refractivity contribution in [2.45, 2.75) is 24.0 Å². The summed E-state index contributed by atoms with van der Waals surface area (Å²) in [5.41, 5.74) is 1.06. The third-order valence-electron chi connectivity index (χ3n) is 4.86. The molecule has 0 bridgehead atoms. The number of hydrogen-bond acceptors (Lipinski definition) is 9. The van der Waals surface area contributed by atoms with Crippen molar-refractivity contribution in [3.8, 4) is 23.0 Å². The van der Waals surface area contributed by atoms with Gasteiger partial charge in [-0.2, -0.15) is 4.31 Å². The maximum atomic E-state index is 12.6. The molecule has 0 saturated carbocycles. The Balaban J connectivity index is 1.63. The van der Waals surface area contributed by atoms with E-state index in [9.17, 15) is 13.2 Å². The molecule has 0 aliphatic rings. The zero-order valence-electron chi connectivity index (χ0n) is 19.3. The van der Waals surface area contributed by atoms with Gasteiger partial charge in [-0.25, -0.2) is 8.42 Å². The van der Waals surface area contributed by atoms with Crippen LogP contribution in [0.15, 0.2) is 57.0 Å². The van der Waals surface area contributed by atoms with Crippen LogP contribution in [-0.2, 0) is 14.8 Å². The van der Waals surface area contributed by atoms with Gasteiger partial charge in [0.05, 0.1) is 30.6 Å². The summed E-state index contributed by atoms with van der Waals surface area (Å²) in [6, 6.07) is 11.3. The van der Waals surface area contributed by atoms with Crippen LogP contribution in [0.3, 0.4) is 0 Å². The quantitative estimate of drug-likeness (QED) is 0.389. The first-order valence-electron chi connectivity index (χ1n) is 10.4. The van der Waals surface area contributed by atoms with Gasteiger partial charge in [0.25, 0.3) is 5.22 Å². The lowest BCUT2D eigenvalue weighted by molar-refractivity contribution is -0.113. The minimum Gasteiger partial charge on any atom is -0.497 e. The van der Waals surface area contributed by atoms with E-state index in [0.717, 1.165) is 11.8 Å². The lowest BCUT2D eigenvalue weighted by atomic mass is 10.2. The van der Waals surface area contributed by atoms with Gasteiger partial charge in [-0.3, -0.25) is 4.79 Å². The summed E-state index contributed by atoms with van der Waals surface area (Å²) in [7, 11) is -0.500. The van der Waals surface area contributed by atoms with E-state index in [1.807, 2.05) is 0 Å². The average molecular weight is 507 g/mol. The van der Waals surface area contributed by atoms with Crippen molar-refractivity contribution in [1.82, 2.24) is 14.5 Å². The van der Waals surface area contributed by atoms with E-state index in [0.29, 0.717) is 35.8 Å². The van der Waals surface area contributed by atoms with E-state index in [1.54, 1.807) is 44.2 Å². The molecule has 0 fully saturated rings. The number of benzene rings is 2. The van der Waals surface area contributed by atoms with Gasteiger partial charge in [0.2, 0.25) is 21.8 Å². The molecule has 182 valence electrons. The van der Waals surface area contributed by atoms with E-state index < -0.39 is 10.0 Å². The molecule has 0 saturated heterocycles. The molecule has 0 unspecified atom stereocenters. The number of nitrogens with zero attached hydrogens (tertiary/aromatic N) is 3. The number of hydrogen-bond donors (Lipinski definition) is 1. The molecule has 1 amide bonds. The van der Waals surface area contributed by atoms with E-state index in [1.165, 1.54) is 30.7 Å². The zero-order chi connectivity index (χ0) is 24.7. The number of amides is 1. The van der Waals surface area contributed by atoms with Crippen LogP contribution < -0.4 is 14.8 Å². The number of carbonyl (C=O) groups excluding carboxylic acids is 1. The Morgan fingerprint density at radius 3 is 2.38 bits per heavy atom. The van der Waals surface area contributed by atoms with Crippen LogP contribution in [-0.4, -0.2) is 61.9 Å². The summed E-state index contributed by atoms with van der Waals surface area (Å²) < 4.78 is 42.7. The second-order valence-corrected chi connectivity index (χ2v) is 9.75. The second-order valence-electron chi connectivity index (χ2n) is 6.89. The van der Waals surface area contributed by atoms with Crippen molar-refractivity contribution in [2.24, 2.45) is 0 Å². The Kier molecular flexibility index (Phi) is 8.53. The summed E-state index contributed by atoms with van der Waals surface area (Å²) in [6.07, 6.45) is 0. The third-order valence-corrected chi connectivity index (χ3v) is 7.74. The first-order valence-corrected chi connectivity index (χ1v) is 12.8. The van der Waals surface area contributed by atoms with Gasteiger partial charge >= 0.3 is 0 Å². The highest BCUT2D eigenvalue weighted by Gasteiger charge is 2.22. The first-order chi connectivity index (χ1) is 16.3. The fourth-order valence-electron chi connectivity index (χ4n) is 3.09. The number of anilines is 1. The van der Waals surface area contributed by atoms with Crippen molar-refractivity contribution in [2.75, 3.05) is 38.4 Å². The van der Waals surface area contributed by atoms with Crippen LogP contribution in [0.5, 0.6) is 11.5 Å². The molecule has 0 radical (unpaired) electrons. The molecule has 34 heavy (non-hydrogen) atoms. The molecule has 0 aliphatic carbocycles. The lowest BCUT2D eigenvalue weighted by Gasteiger charge is -2.18. The van der Waals surface area contributed by atoms with Gasteiger partial charge < -0.3 is 19.2 Å². The molecular formula is C22H26N4O6S2. The van der Waals surface area contributed by atoms with Gasteiger partial charge in [-0.15, -0.1) is 10.2 Å². The summed E-state index contributed by atoms with van der Waals surface area (Å²) in [4.78, 5) is 12.6. The Morgan fingerprint density at radius 1 is 1.06 bits per heavy atom. The number of nitrogens with one attached hydrogen (secondary N) is 1. The predicted octanol–water partition coefficient (Wildman–Crippen LogP) is 3.52. The van der Waals surface area contributed by atoms with E-state index in [4.69, 9.17) is 13.9 Å². The van der Waals surface area contributed by atoms with Crippen molar-refractivity contribution >= 4 is 33.4 Å².